The first-order chi connectivity index (χ1) is 16.7. The summed E-state index contributed by atoms with van der Waals surface area (Å²) in [5, 5.41) is 5.01. The number of carbonyl (C=O) groups excluding carboxylic acids is 2. The number of rotatable bonds is 6. The zero-order chi connectivity index (χ0) is 23.5. The maximum atomic E-state index is 13.4. The first-order valence-electron chi connectivity index (χ1n) is 11.7. The van der Waals surface area contributed by atoms with Crippen LogP contribution in [0, 0.1) is 6.92 Å². The molecule has 0 bridgehead atoms. The summed E-state index contributed by atoms with van der Waals surface area (Å²) in [6.45, 7) is 2.56. The van der Waals surface area contributed by atoms with Crippen molar-refractivity contribution in [3.63, 3.8) is 0 Å². The lowest BCUT2D eigenvalue weighted by Crippen LogP contribution is -2.31. The van der Waals surface area contributed by atoms with Gasteiger partial charge in [0, 0.05) is 35.7 Å². The van der Waals surface area contributed by atoms with Gasteiger partial charge in [-0.3, -0.25) is 4.79 Å². The number of nitrogens with zero attached hydrogens (tertiary/aromatic N) is 3. The minimum atomic E-state index is 0.0718. The van der Waals surface area contributed by atoms with Gasteiger partial charge in [-0.15, -0.1) is 0 Å². The van der Waals surface area contributed by atoms with E-state index in [1.54, 1.807) is 0 Å². The molecule has 4 aromatic rings. The van der Waals surface area contributed by atoms with Gasteiger partial charge in [0.05, 0.1) is 17.9 Å². The Labute approximate surface area is 199 Å². The highest BCUT2D eigenvalue weighted by atomic mass is 16.2. The lowest BCUT2D eigenvalue weighted by atomic mass is 9.93. The summed E-state index contributed by atoms with van der Waals surface area (Å²) in [6.07, 6.45) is 5.32. The second-order valence-electron chi connectivity index (χ2n) is 8.74. The standard InChI is InChI=1S/C29H27N3O2/c1-21-14-16-23(17-15-21)32-20-26-25-11-6-7-12-27(25)31(28(34)13-3-2-8-18-33)19-22-9-4-5-10-24(22)29(26)30-32/h4-7,9-12,14-18,20H,2-3,8,13,19H2,1H3. The predicted molar refractivity (Wildman–Crippen MR) is 135 cm³/mol. The van der Waals surface area contributed by atoms with Gasteiger partial charge < -0.3 is 9.69 Å². The maximum Gasteiger partial charge on any atom is 0.227 e. The van der Waals surface area contributed by atoms with Crippen LogP contribution in [0.3, 0.4) is 0 Å². The van der Waals surface area contributed by atoms with Crippen LogP contribution in [0.25, 0.3) is 28.1 Å². The third-order valence-corrected chi connectivity index (χ3v) is 6.36. The molecule has 34 heavy (non-hydrogen) atoms. The molecule has 0 fully saturated rings. The molecule has 3 aromatic carbocycles. The minimum Gasteiger partial charge on any atom is -0.307 e. The van der Waals surface area contributed by atoms with Gasteiger partial charge in [0.1, 0.15) is 12.0 Å². The van der Waals surface area contributed by atoms with Crippen LogP contribution in [0.2, 0.25) is 0 Å². The first-order valence-corrected chi connectivity index (χ1v) is 11.7. The summed E-state index contributed by atoms with van der Waals surface area (Å²) in [5.41, 5.74) is 8.10. The summed E-state index contributed by atoms with van der Waals surface area (Å²) in [4.78, 5) is 25.9. The molecule has 5 nitrogen and oxygen atoms in total. The highest BCUT2D eigenvalue weighted by Crippen LogP contribution is 2.42. The van der Waals surface area contributed by atoms with E-state index >= 15 is 0 Å². The largest absolute Gasteiger partial charge is 0.307 e. The summed E-state index contributed by atoms with van der Waals surface area (Å²) in [7, 11) is 0. The normalized spacial score (nSPS) is 12.2. The molecule has 0 saturated carbocycles. The molecular weight excluding hydrogens is 422 g/mol. The Hall–Kier alpha value is -3.99. The molecule has 1 aliphatic rings. The Morgan fingerprint density at radius 1 is 0.912 bits per heavy atom. The zero-order valence-electron chi connectivity index (χ0n) is 19.3. The van der Waals surface area contributed by atoms with Gasteiger partial charge in [-0.25, -0.2) is 4.68 Å². The van der Waals surface area contributed by atoms with Gasteiger partial charge >= 0.3 is 0 Å². The predicted octanol–water partition coefficient (Wildman–Crippen LogP) is 6.12. The highest BCUT2D eigenvalue weighted by molar-refractivity contribution is 6.00. The smallest absolute Gasteiger partial charge is 0.227 e. The number of fused-ring (bicyclic) bond motifs is 5. The molecule has 5 rings (SSSR count). The van der Waals surface area contributed by atoms with E-state index in [0.717, 1.165) is 52.0 Å². The summed E-state index contributed by atoms with van der Waals surface area (Å²) in [6, 6.07) is 24.6. The third-order valence-electron chi connectivity index (χ3n) is 6.36. The van der Waals surface area contributed by atoms with E-state index in [4.69, 9.17) is 5.10 Å². The number of unbranched alkanes of at least 4 members (excludes halogenated alkanes) is 2. The fourth-order valence-corrected chi connectivity index (χ4v) is 4.54. The van der Waals surface area contributed by atoms with Crippen molar-refractivity contribution in [2.75, 3.05) is 4.90 Å². The van der Waals surface area contributed by atoms with E-state index in [0.29, 0.717) is 25.8 Å². The van der Waals surface area contributed by atoms with Crippen LogP contribution >= 0.6 is 0 Å². The fourth-order valence-electron chi connectivity index (χ4n) is 4.54. The van der Waals surface area contributed by atoms with Crippen LogP contribution in [-0.2, 0) is 16.1 Å². The summed E-state index contributed by atoms with van der Waals surface area (Å²) in [5.74, 6) is 0.0718. The van der Waals surface area contributed by atoms with Gasteiger partial charge in [-0.05, 0) is 43.5 Å². The van der Waals surface area contributed by atoms with Gasteiger partial charge in [0.25, 0.3) is 0 Å². The van der Waals surface area contributed by atoms with E-state index in [1.807, 2.05) is 39.9 Å². The number of hydrogen-bond donors (Lipinski definition) is 0. The van der Waals surface area contributed by atoms with Crippen LogP contribution in [0.1, 0.15) is 36.8 Å². The van der Waals surface area contributed by atoms with Crippen molar-refractivity contribution in [3.05, 3.63) is 90.1 Å². The number of hydrogen-bond acceptors (Lipinski definition) is 3. The molecule has 170 valence electrons. The van der Waals surface area contributed by atoms with Crippen LogP contribution in [0.4, 0.5) is 5.69 Å². The van der Waals surface area contributed by atoms with Crippen molar-refractivity contribution in [2.45, 2.75) is 39.2 Å². The molecule has 0 spiro atoms. The van der Waals surface area contributed by atoms with Crippen LogP contribution < -0.4 is 4.90 Å². The van der Waals surface area contributed by atoms with Crippen LogP contribution in [0.15, 0.2) is 79.0 Å². The Balaban J connectivity index is 1.64. The maximum absolute atomic E-state index is 13.4. The molecular formula is C29H27N3O2. The topological polar surface area (TPSA) is 55.2 Å². The van der Waals surface area contributed by atoms with Crippen LogP contribution in [0.5, 0.6) is 0 Å². The molecule has 0 unspecified atom stereocenters. The number of aromatic nitrogens is 2. The number of benzene rings is 3. The van der Waals surface area contributed by atoms with Crippen LogP contribution in [-0.4, -0.2) is 22.0 Å². The van der Waals surface area contributed by atoms with E-state index in [2.05, 4.69) is 55.6 Å². The van der Waals surface area contributed by atoms with Crippen molar-refractivity contribution in [2.24, 2.45) is 0 Å². The van der Waals surface area contributed by atoms with E-state index in [9.17, 15) is 9.59 Å². The number of aryl methyl sites for hydroxylation is 1. The van der Waals surface area contributed by atoms with Gasteiger partial charge in [0.2, 0.25) is 5.91 Å². The molecule has 1 aliphatic heterocycles. The Bertz CT molecular complexity index is 1340. The second-order valence-corrected chi connectivity index (χ2v) is 8.74. The highest BCUT2D eigenvalue weighted by Gasteiger charge is 2.27. The van der Waals surface area contributed by atoms with Gasteiger partial charge in [0.15, 0.2) is 0 Å². The Morgan fingerprint density at radius 3 is 2.44 bits per heavy atom. The van der Waals surface area contributed by atoms with Crippen molar-refractivity contribution in [1.29, 1.82) is 0 Å². The lowest BCUT2D eigenvalue weighted by Gasteiger charge is -2.28. The lowest BCUT2D eigenvalue weighted by molar-refractivity contribution is -0.119. The quantitative estimate of drug-likeness (QED) is 0.263. The summed E-state index contributed by atoms with van der Waals surface area (Å²) < 4.78 is 1.93. The van der Waals surface area contributed by atoms with Crippen molar-refractivity contribution >= 4 is 17.9 Å². The van der Waals surface area contributed by atoms with E-state index in [1.165, 1.54) is 5.56 Å². The molecule has 5 heteroatoms. The SMILES string of the molecule is Cc1ccc(-n2cc3c(n2)-c2ccccc2CN(C(=O)CCCCC=O)c2ccccc2-3)cc1. The Morgan fingerprint density at radius 2 is 1.65 bits per heavy atom. The number of para-hydroxylation sites is 1. The zero-order valence-corrected chi connectivity index (χ0v) is 19.3. The molecule has 0 radical (unpaired) electrons. The molecule has 1 amide bonds. The average Bonchev–Trinajstić information content (AvgIpc) is 3.29. The average molecular weight is 450 g/mol. The number of aldehydes is 1. The molecule has 0 N–H and O–H groups in total. The third kappa shape index (κ3) is 4.17. The van der Waals surface area contributed by atoms with Crippen molar-refractivity contribution in [3.8, 4) is 28.1 Å². The Kier molecular flexibility index (Phi) is 6.09. The molecule has 1 aromatic heterocycles. The monoisotopic (exact) mass is 449 g/mol. The molecule has 2 heterocycles. The van der Waals surface area contributed by atoms with Crippen molar-refractivity contribution in [1.82, 2.24) is 9.78 Å². The number of amides is 1. The molecule has 0 saturated heterocycles. The van der Waals surface area contributed by atoms with E-state index in [-0.39, 0.29) is 5.91 Å². The minimum absolute atomic E-state index is 0.0718. The van der Waals surface area contributed by atoms with E-state index < -0.39 is 0 Å². The van der Waals surface area contributed by atoms with Gasteiger partial charge in [-0.2, -0.15) is 5.10 Å². The fraction of sp³-hybridized carbons (Fsp3) is 0.207. The number of anilines is 1. The molecule has 0 aliphatic carbocycles. The summed E-state index contributed by atoms with van der Waals surface area (Å²) >= 11 is 0. The first kappa shape index (κ1) is 21.8. The number of carbonyl (C=O) groups is 2. The van der Waals surface area contributed by atoms with Gasteiger partial charge in [-0.1, -0.05) is 60.2 Å². The van der Waals surface area contributed by atoms with Crippen molar-refractivity contribution < 1.29 is 9.59 Å². The molecule has 0 atom stereocenters. The second kappa shape index (κ2) is 9.48.